The van der Waals surface area contributed by atoms with Gasteiger partial charge >= 0.3 is 0 Å². The molecule has 6 nitrogen and oxygen atoms in total. The van der Waals surface area contributed by atoms with E-state index < -0.39 is 0 Å². The van der Waals surface area contributed by atoms with E-state index in [0.29, 0.717) is 0 Å². The molecular weight excluding hydrogens is 318 g/mol. The van der Waals surface area contributed by atoms with Crippen molar-refractivity contribution in [3.63, 3.8) is 0 Å². The van der Waals surface area contributed by atoms with Crippen LogP contribution in [0.4, 0.5) is 0 Å². The van der Waals surface area contributed by atoms with E-state index >= 15 is 0 Å². The lowest BCUT2D eigenvalue weighted by molar-refractivity contribution is -0.142. The molecular formula is C19H31N3O3. The lowest BCUT2D eigenvalue weighted by atomic mass is 10.0. The van der Waals surface area contributed by atoms with E-state index in [2.05, 4.69) is 16.8 Å². The van der Waals surface area contributed by atoms with Gasteiger partial charge in [-0.25, -0.2) is 0 Å². The number of hydrogen-bond donors (Lipinski definition) is 0. The largest absolute Gasteiger partial charge is 0.496 e. The molecule has 0 N–H and O–H groups in total. The van der Waals surface area contributed by atoms with Crippen molar-refractivity contribution in [3.05, 3.63) is 23.0 Å². The Kier molecular flexibility index (Phi) is 6.79. The molecule has 0 saturated carbocycles. The normalized spacial score (nSPS) is 17.4. The molecule has 0 unspecified atom stereocenters. The number of rotatable bonds is 6. The van der Waals surface area contributed by atoms with E-state index in [9.17, 15) is 4.79 Å². The van der Waals surface area contributed by atoms with E-state index in [1.807, 2.05) is 25.1 Å². The average molecular weight is 349 g/mol. The number of likely N-dealkylation sites (N-methyl/N-ethyl adjacent to an activating group) is 1. The van der Waals surface area contributed by atoms with Crippen LogP contribution in [-0.2, 0) is 16.1 Å². The Hall–Kier alpha value is -1.66. The molecule has 1 atom stereocenters. The smallest absolute Gasteiger partial charge is 0.251 e. The summed E-state index contributed by atoms with van der Waals surface area (Å²) in [5, 5.41) is 0. The summed E-state index contributed by atoms with van der Waals surface area (Å²) in [6, 6.07) is 0.281. The standard InChI is InChI=1S/C19H31N3O3/c1-13-11-20-17(14(2)18(13)25-6)12-22-9-7-16(8-10-22)21(4)19(23)15(3)24-5/h11,15-16H,7-10,12H2,1-6H3/t15-/m0/s1. The third-order valence-corrected chi connectivity index (χ3v) is 5.28. The van der Waals surface area contributed by atoms with Crippen molar-refractivity contribution in [2.75, 3.05) is 34.4 Å². The summed E-state index contributed by atoms with van der Waals surface area (Å²) in [6.07, 6.45) is 3.45. The fraction of sp³-hybridized carbons (Fsp3) is 0.684. The maximum Gasteiger partial charge on any atom is 0.251 e. The van der Waals surface area contributed by atoms with Crippen LogP contribution >= 0.6 is 0 Å². The van der Waals surface area contributed by atoms with Crippen molar-refractivity contribution in [1.82, 2.24) is 14.8 Å². The molecule has 1 aromatic heterocycles. The predicted molar refractivity (Wildman–Crippen MR) is 97.8 cm³/mol. The molecule has 2 heterocycles. The molecule has 0 spiro atoms. The molecule has 140 valence electrons. The predicted octanol–water partition coefficient (Wildman–Crippen LogP) is 2.16. The van der Waals surface area contributed by atoms with E-state index in [1.54, 1.807) is 21.1 Å². The van der Waals surface area contributed by atoms with Gasteiger partial charge in [0.15, 0.2) is 0 Å². The number of piperidine rings is 1. The van der Waals surface area contributed by atoms with Gasteiger partial charge in [-0.1, -0.05) is 0 Å². The molecule has 0 bridgehead atoms. The van der Waals surface area contributed by atoms with Crippen molar-refractivity contribution < 1.29 is 14.3 Å². The first-order valence-electron chi connectivity index (χ1n) is 8.89. The summed E-state index contributed by atoms with van der Waals surface area (Å²) in [4.78, 5) is 21.1. The molecule has 6 heteroatoms. The molecule has 25 heavy (non-hydrogen) atoms. The molecule has 1 aromatic rings. The quantitative estimate of drug-likeness (QED) is 0.788. The monoisotopic (exact) mass is 349 g/mol. The summed E-state index contributed by atoms with van der Waals surface area (Å²) >= 11 is 0. The number of likely N-dealkylation sites (tertiary alicyclic amines) is 1. The Bertz CT molecular complexity index is 598. The van der Waals surface area contributed by atoms with Gasteiger partial charge in [-0.3, -0.25) is 14.7 Å². The van der Waals surface area contributed by atoms with Gasteiger partial charge in [0.05, 0.1) is 12.8 Å². The molecule has 1 saturated heterocycles. The van der Waals surface area contributed by atoms with Crippen molar-refractivity contribution in [1.29, 1.82) is 0 Å². The van der Waals surface area contributed by atoms with Crippen LogP contribution in [0.25, 0.3) is 0 Å². The van der Waals surface area contributed by atoms with Crippen LogP contribution in [0.15, 0.2) is 6.20 Å². The number of carbonyl (C=O) groups is 1. The molecule has 0 radical (unpaired) electrons. The second-order valence-electron chi connectivity index (χ2n) is 6.88. The Balaban J connectivity index is 1.94. The zero-order valence-electron chi connectivity index (χ0n) is 16.3. The van der Waals surface area contributed by atoms with Gasteiger partial charge in [-0.2, -0.15) is 0 Å². The highest BCUT2D eigenvalue weighted by molar-refractivity contribution is 5.80. The van der Waals surface area contributed by atoms with Gasteiger partial charge in [-0.05, 0) is 33.6 Å². The van der Waals surface area contributed by atoms with Crippen molar-refractivity contribution in [2.24, 2.45) is 0 Å². The van der Waals surface area contributed by atoms with E-state index in [0.717, 1.165) is 55.0 Å². The van der Waals surface area contributed by atoms with Gasteiger partial charge in [0.1, 0.15) is 11.9 Å². The summed E-state index contributed by atoms with van der Waals surface area (Å²) < 4.78 is 10.6. The second-order valence-corrected chi connectivity index (χ2v) is 6.88. The Morgan fingerprint density at radius 2 is 2.00 bits per heavy atom. The number of amides is 1. The highest BCUT2D eigenvalue weighted by Crippen LogP contribution is 2.26. The number of ether oxygens (including phenoxy) is 2. The lowest BCUT2D eigenvalue weighted by Gasteiger charge is -2.37. The Labute approximate surface area is 151 Å². The van der Waals surface area contributed by atoms with Crippen LogP contribution in [-0.4, -0.2) is 67.2 Å². The second kappa shape index (κ2) is 8.63. The highest BCUT2D eigenvalue weighted by atomic mass is 16.5. The van der Waals surface area contributed by atoms with Gasteiger partial charge in [-0.15, -0.1) is 0 Å². The lowest BCUT2D eigenvalue weighted by Crippen LogP contribution is -2.48. The maximum atomic E-state index is 12.3. The fourth-order valence-corrected chi connectivity index (χ4v) is 3.47. The van der Waals surface area contributed by atoms with Gasteiger partial charge in [0, 0.05) is 57.2 Å². The summed E-state index contributed by atoms with van der Waals surface area (Å²) in [6.45, 7) is 8.62. The minimum atomic E-state index is -0.380. The molecule has 2 rings (SSSR count). The van der Waals surface area contributed by atoms with Crippen LogP contribution in [0.2, 0.25) is 0 Å². The summed E-state index contributed by atoms with van der Waals surface area (Å²) in [7, 11) is 5.16. The van der Waals surface area contributed by atoms with Crippen LogP contribution in [0.1, 0.15) is 36.6 Å². The molecule has 0 aliphatic carbocycles. The maximum absolute atomic E-state index is 12.3. The first-order chi connectivity index (χ1) is 11.9. The zero-order valence-corrected chi connectivity index (χ0v) is 16.3. The summed E-state index contributed by atoms with van der Waals surface area (Å²) in [5.74, 6) is 0.987. The number of aromatic nitrogens is 1. The van der Waals surface area contributed by atoms with Crippen molar-refractivity contribution >= 4 is 5.91 Å². The molecule has 0 aromatic carbocycles. The summed E-state index contributed by atoms with van der Waals surface area (Å²) in [5.41, 5.74) is 3.25. The molecule has 1 aliphatic heterocycles. The molecule has 1 aliphatic rings. The fourth-order valence-electron chi connectivity index (χ4n) is 3.47. The topological polar surface area (TPSA) is 54.9 Å². The third-order valence-electron chi connectivity index (χ3n) is 5.28. The minimum absolute atomic E-state index is 0.0572. The first kappa shape index (κ1) is 19.7. The zero-order chi connectivity index (χ0) is 18.6. The van der Waals surface area contributed by atoms with Crippen molar-refractivity contribution in [2.45, 2.75) is 52.3 Å². The molecule has 1 fully saturated rings. The number of nitrogens with zero attached hydrogens (tertiary/aromatic N) is 3. The number of hydrogen-bond acceptors (Lipinski definition) is 5. The van der Waals surface area contributed by atoms with Crippen LogP contribution in [0, 0.1) is 13.8 Å². The van der Waals surface area contributed by atoms with Crippen LogP contribution in [0.5, 0.6) is 5.75 Å². The number of pyridine rings is 1. The SMILES string of the molecule is COc1c(C)cnc(CN2CCC(N(C)C(=O)[C@H](C)OC)CC2)c1C. The van der Waals surface area contributed by atoms with E-state index in [4.69, 9.17) is 9.47 Å². The first-order valence-corrected chi connectivity index (χ1v) is 8.89. The minimum Gasteiger partial charge on any atom is -0.496 e. The van der Waals surface area contributed by atoms with E-state index in [1.165, 1.54) is 0 Å². The third kappa shape index (κ3) is 4.50. The Morgan fingerprint density at radius 3 is 2.56 bits per heavy atom. The molecule has 1 amide bonds. The van der Waals surface area contributed by atoms with Crippen LogP contribution in [0.3, 0.4) is 0 Å². The van der Waals surface area contributed by atoms with E-state index in [-0.39, 0.29) is 18.1 Å². The average Bonchev–Trinajstić information content (AvgIpc) is 2.63. The van der Waals surface area contributed by atoms with Gasteiger partial charge < -0.3 is 14.4 Å². The van der Waals surface area contributed by atoms with Crippen LogP contribution < -0.4 is 4.74 Å². The number of methoxy groups -OCH3 is 2. The highest BCUT2D eigenvalue weighted by Gasteiger charge is 2.28. The van der Waals surface area contributed by atoms with Crippen molar-refractivity contribution in [3.8, 4) is 5.75 Å². The number of carbonyl (C=O) groups excluding carboxylic acids is 1. The number of aryl methyl sites for hydroxylation is 1. The van der Waals surface area contributed by atoms with Gasteiger partial charge in [0.2, 0.25) is 0 Å². The Morgan fingerprint density at radius 1 is 1.36 bits per heavy atom. The van der Waals surface area contributed by atoms with Gasteiger partial charge in [0.25, 0.3) is 5.91 Å².